The molecule has 10 aromatic rings. The van der Waals surface area contributed by atoms with Crippen LogP contribution in [0, 0.1) is 0 Å². The molecule has 0 aliphatic heterocycles. The largest absolute Gasteiger partial charge is 0.416 e. The summed E-state index contributed by atoms with van der Waals surface area (Å²) in [6.07, 6.45) is -9.62. The highest BCUT2D eigenvalue weighted by molar-refractivity contribution is 6.11. The Morgan fingerprint density at radius 1 is 0.333 bits per heavy atom. The second-order valence-corrected chi connectivity index (χ2v) is 14.9. The van der Waals surface area contributed by atoms with Crippen molar-refractivity contribution in [2.45, 2.75) is 12.4 Å². The van der Waals surface area contributed by atoms with Crippen LogP contribution in [0.15, 0.2) is 188 Å². The van der Waals surface area contributed by atoms with Crippen molar-refractivity contribution in [1.29, 1.82) is 0 Å². The van der Waals surface area contributed by atoms with Crippen molar-refractivity contribution in [1.82, 2.24) is 24.5 Å². The number of nitrogens with zero attached hydrogens (tertiary/aromatic N) is 5. The third-order valence-electron chi connectivity index (χ3n) is 10.9. The predicted octanol–water partition coefficient (Wildman–Crippen LogP) is 14.4. The van der Waals surface area contributed by atoms with Gasteiger partial charge in [-0.3, -0.25) is 0 Å². The highest BCUT2D eigenvalue weighted by Crippen LogP contribution is 2.46. The zero-order valence-electron chi connectivity index (χ0n) is 32.9. The van der Waals surface area contributed by atoms with Crippen LogP contribution in [-0.4, -0.2) is 24.5 Å². The normalized spacial score (nSPS) is 12.0. The van der Waals surface area contributed by atoms with E-state index >= 15 is 13.2 Å². The van der Waals surface area contributed by atoms with Crippen LogP contribution in [-0.2, 0) is 12.4 Å². The van der Waals surface area contributed by atoms with E-state index in [0.29, 0.717) is 49.9 Å². The monoisotopic (exact) mass is 839 g/mol. The third-order valence-corrected chi connectivity index (χ3v) is 10.9. The van der Waals surface area contributed by atoms with E-state index in [9.17, 15) is 13.2 Å². The van der Waals surface area contributed by atoms with Crippen LogP contribution in [0.3, 0.4) is 0 Å². The smallest absolute Gasteiger partial charge is 0.308 e. The van der Waals surface area contributed by atoms with Crippen molar-refractivity contribution in [2.75, 3.05) is 0 Å². The standard InChI is InChI=1S/C52H31F6N5/c53-51(54,55)36-25-26-39-38-23-13-14-24-46(38)63(47(39)29-36)48-40(44-30-42(32-15-5-1-6-16-32)59-49(61-44)34-19-9-3-10-20-34)27-37(52(56,57)58)28-41(48)45-31-43(33-17-7-2-8-18-33)60-50(62-45)35-21-11-4-12-22-35/h1-31H. The lowest BCUT2D eigenvalue weighted by Gasteiger charge is -2.22. The van der Waals surface area contributed by atoms with Crippen LogP contribution in [0.2, 0.25) is 0 Å². The van der Waals surface area contributed by atoms with Gasteiger partial charge in [-0.1, -0.05) is 146 Å². The highest BCUT2D eigenvalue weighted by Gasteiger charge is 2.36. The number of aromatic nitrogens is 5. The van der Waals surface area contributed by atoms with Gasteiger partial charge in [0.1, 0.15) is 0 Å². The highest BCUT2D eigenvalue weighted by atomic mass is 19.4. The van der Waals surface area contributed by atoms with Crippen molar-refractivity contribution < 1.29 is 26.3 Å². The molecule has 0 saturated heterocycles. The lowest BCUT2D eigenvalue weighted by atomic mass is 9.95. The predicted molar refractivity (Wildman–Crippen MR) is 235 cm³/mol. The lowest BCUT2D eigenvalue weighted by molar-refractivity contribution is -0.138. The maximum absolute atomic E-state index is 15.5. The van der Waals surface area contributed by atoms with E-state index < -0.39 is 23.5 Å². The van der Waals surface area contributed by atoms with Crippen molar-refractivity contribution in [3.05, 3.63) is 199 Å². The number of halogens is 6. The van der Waals surface area contributed by atoms with Gasteiger partial charge in [-0.2, -0.15) is 26.3 Å². The minimum atomic E-state index is -4.89. The summed E-state index contributed by atoms with van der Waals surface area (Å²) in [6, 6.07) is 52.1. The van der Waals surface area contributed by atoms with Gasteiger partial charge in [-0.05, 0) is 42.5 Å². The van der Waals surface area contributed by atoms with E-state index in [4.69, 9.17) is 19.9 Å². The first kappa shape index (κ1) is 39.2. The van der Waals surface area contributed by atoms with Gasteiger partial charge in [-0.15, -0.1) is 0 Å². The molecule has 0 fully saturated rings. The lowest BCUT2D eigenvalue weighted by Crippen LogP contribution is -2.11. The number of benzene rings is 7. The number of hydrogen-bond donors (Lipinski definition) is 0. The van der Waals surface area contributed by atoms with Crippen molar-refractivity contribution in [3.8, 4) is 73.5 Å². The maximum Gasteiger partial charge on any atom is 0.416 e. The molecule has 0 unspecified atom stereocenters. The molecule has 0 radical (unpaired) electrons. The summed E-state index contributed by atoms with van der Waals surface area (Å²) in [4.78, 5) is 19.7. The second kappa shape index (κ2) is 15.5. The summed E-state index contributed by atoms with van der Waals surface area (Å²) >= 11 is 0. The molecule has 0 aliphatic rings. The fraction of sp³-hybridized carbons (Fsp3) is 0.0385. The maximum atomic E-state index is 15.5. The molecule has 0 aliphatic carbocycles. The van der Waals surface area contributed by atoms with Crippen LogP contribution in [0.5, 0.6) is 0 Å². The molecule has 0 bridgehead atoms. The van der Waals surface area contributed by atoms with Crippen LogP contribution >= 0.6 is 0 Å². The average Bonchev–Trinajstić information content (AvgIpc) is 3.65. The molecule has 11 heteroatoms. The molecule has 0 spiro atoms. The first-order chi connectivity index (χ1) is 30.5. The van der Waals surface area contributed by atoms with E-state index in [1.165, 1.54) is 6.07 Å². The van der Waals surface area contributed by atoms with Gasteiger partial charge in [0.05, 0.1) is 50.6 Å². The zero-order valence-corrected chi connectivity index (χ0v) is 32.9. The third kappa shape index (κ3) is 7.48. The quantitative estimate of drug-likeness (QED) is 0.150. The number of para-hydroxylation sites is 1. The minimum Gasteiger partial charge on any atom is -0.308 e. The summed E-state index contributed by atoms with van der Waals surface area (Å²) in [5, 5.41) is 1.05. The van der Waals surface area contributed by atoms with Gasteiger partial charge in [0, 0.05) is 44.2 Å². The van der Waals surface area contributed by atoms with E-state index in [2.05, 4.69) is 0 Å². The number of alkyl halides is 6. The Morgan fingerprint density at radius 2 is 0.730 bits per heavy atom. The summed E-state index contributed by atoms with van der Waals surface area (Å²) in [6.45, 7) is 0. The molecule has 10 rings (SSSR count). The van der Waals surface area contributed by atoms with Gasteiger partial charge in [-0.25, -0.2) is 19.9 Å². The average molecular weight is 840 g/mol. The molecule has 0 saturated carbocycles. The Morgan fingerprint density at radius 3 is 1.19 bits per heavy atom. The zero-order chi connectivity index (χ0) is 43.3. The molecule has 7 aromatic carbocycles. The molecule has 0 amide bonds. The van der Waals surface area contributed by atoms with Crippen LogP contribution in [0.25, 0.3) is 95.3 Å². The molecule has 3 heterocycles. The van der Waals surface area contributed by atoms with Crippen molar-refractivity contribution >= 4 is 21.8 Å². The summed E-state index contributed by atoms with van der Waals surface area (Å²) in [7, 11) is 0. The molecule has 5 nitrogen and oxygen atoms in total. The fourth-order valence-corrected chi connectivity index (χ4v) is 7.93. The molecule has 3 aromatic heterocycles. The first-order valence-corrected chi connectivity index (χ1v) is 19.9. The molecular weight excluding hydrogens is 809 g/mol. The topological polar surface area (TPSA) is 56.5 Å². The Hall–Kier alpha value is -7.92. The Labute approximate surface area is 356 Å². The number of hydrogen-bond acceptors (Lipinski definition) is 4. The van der Waals surface area contributed by atoms with Crippen LogP contribution < -0.4 is 0 Å². The summed E-state index contributed by atoms with van der Waals surface area (Å²) < 4.78 is 92.1. The van der Waals surface area contributed by atoms with E-state index in [0.717, 1.165) is 24.3 Å². The second-order valence-electron chi connectivity index (χ2n) is 14.9. The number of fused-ring (bicyclic) bond motifs is 3. The number of rotatable bonds is 7. The first-order valence-electron chi connectivity index (χ1n) is 19.9. The Kier molecular flexibility index (Phi) is 9.67. The van der Waals surface area contributed by atoms with Gasteiger partial charge >= 0.3 is 12.4 Å². The van der Waals surface area contributed by atoms with Gasteiger partial charge in [0.2, 0.25) is 0 Å². The van der Waals surface area contributed by atoms with E-state index in [1.54, 1.807) is 89.5 Å². The van der Waals surface area contributed by atoms with Gasteiger partial charge in [0.25, 0.3) is 0 Å². The van der Waals surface area contributed by atoms with Gasteiger partial charge < -0.3 is 4.57 Å². The van der Waals surface area contributed by atoms with Crippen molar-refractivity contribution in [2.24, 2.45) is 0 Å². The van der Waals surface area contributed by atoms with Crippen molar-refractivity contribution in [3.63, 3.8) is 0 Å². The molecule has 306 valence electrons. The Balaban J connectivity index is 1.40. The SMILES string of the molecule is FC(F)(F)c1cc(-c2cc(-c3ccccc3)nc(-c3ccccc3)n2)c(-n2c3ccccc3c3ccc(C(F)(F)F)cc32)c(-c2cc(-c3ccccc3)nc(-c3ccccc3)n2)c1. The van der Waals surface area contributed by atoms with E-state index in [-0.39, 0.29) is 45.4 Å². The molecule has 0 N–H and O–H groups in total. The minimum absolute atomic E-state index is 0.0159. The van der Waals surface area contributed by atoms with E-state index in [1.807, 2.05) is 72.8 Å². The summed E-state index contributed by atoms with van der Waals surface area (Å²) in [5.41, 5.74) is 2.33. The van der Waals surface area contributed by atoms with Crippen LogP contribution in [0.4, 0.5) is 26.3 Å². The molecule has 63 heavy (non-hydrogen) atoms. The van der Waals surface area contributed by atoms with Crippen LogP contribution in [0.1, 0.15) is 11.1 Å². The Bertz CT molecular complexity index is 3030. The molecular formula is C52H31F6N5. The molecule has 0 atom stereocenters. The van der Waals surface area contributed by atoms with Gasteiger partial charge in [0.15, 0.2) is 11.6 Å². The fourth-order valence-electron chi connectivity index (χ4n) is 7.93. The summed E-state index contributed by atoms with van der Waals surface area (Å²) in [5.74, 6) is 0.469.